The molecule has 1 aromatic carbocycles. The number of aromatic nitrogens is 2. The molecular weight excluding hydrogens is 238 g/mol. The van der Waals surface area contributed by atoms with E-state index < -0.39 is 0 Å². The Labute approximate surface area is 104 Å². The SMILES string of the molecule is Cc1cc(Cl)cc2[nH]c(=O)n(C3CCNC3)c12. The zero-order valence-electron chi connectivity index (χ0n) is 9.59. The molecule has 0 radical (unpaired) electrons. The molecule has 0 bridgehead atoms. The lowest BCUT2D eigenvalue weighted by Crippen LogP contribution is -2.24. The molecule has 0 saturated carbocycles. The predicted octanol–water partition coefficient (Wildman–Crippen LogP) is 1.83. The summed E-state index contributed by atoms with van der Waals surface area (Å²) < 4.78 is 1.86. The standard InChI is InChI=1S/C12H14ClN3O/c1-7-4-8(13)5-10-11(7)16(12(17)15-10)9-2-3-14-6-9/h4-5,9,14H,2-3,6H2,1H3,(H,15,17). The van der Waals surface area contributed by atoms with Gasteiger partial charge in [-0.1, -0.05) is 11.6 Å². The van der Waals surface area contributed by atoms with E-state index in [-0.39, 0.29) is 11.7 Å². The topological polar surface area (TPSA) is 49.8 Å². The molecule has 1 aliphatic heterocycles. The molecule has 1 aliphatic rings. The van der Waals surface area contributed by atoms with Crippen molar-refractivity contribution in [2.75, 3.05) is 13.1 Å². The first-order chi connectivity index (χ1) is 8.16. The first-order valence-corrected chi connectivity index (χ1v) is 6.15. The van der Waals surface area contributed by atoms with Gasteiger partial charge in [-0.05, 0) is 37.6 Å². The molecule has 1 atom stereocenters. The van der Waals surface area contributed by atoms with Gasteiger partial charge in [0.1, 0.15) is 0 Å². The summed E-state index contributed by atoms with van der Waals surface area (Å²) in [5.74, 6) is 0. The molecule has 0 aliphatic carbocycles. The third-order valence-electron chi connectivity index (χ3n) is 3.37. The van der Waals surface area contributed by atoms with E-state index in [1.54, 1.807) is 0 Å². The number of benzene rings is 1. The van der Waals surface area contributed by atoms with Crippen LogP contribution in [0.5, 0.6) is 0 Å². The molecule has 2 aromatic rings. The minimum Gasteiger partial charge on any atom is -0.315 e. The van der Waals surface area contributed by atoms with Crippen molar-refractivity contribution in [1.29, 1.82) is 0 Å². The fraction of sp³-hybridized carbons (Fsp3) is 0.417. The van der Waals surface area contributed by atoms with E-state index in [0.29, 0.717) is 5.02 Å². The Morgan fingerprint density at radius 1 is 1.47 bits per heavy atom. The second kappa shape index (κ2) is 3.89. The van der Waals surface area contributed by atoms with Gasteiger partial charge >= 0.3 is 5.69 Å². The highest BCUT2D eigenvalue weighted by Crippen LogP contribution is 2.25. The van der Waals surface area contributed by atoms with Crippen molar-refractivity contribution in [1.82, 2.24) is 14.9 Å². The maximum atomic E-state index is 12.0. The minimum absolute atomic E-state index is 0.0425. The molecule has 2 N–H and O–H groups in total. The van der Waals surface area contributed by atoms with Crippen molar-refractivity contribution < 1.29 is 0 Å². The normalized spacial score (nSPS) is 20.2. The van der Waals surface area contributed by atoms with Gasteiger partial charge in [0, 0.05) is 11.6 Å². The number of fused-ring (bicyclic) bond motifs is 1. The molecule has 90 valence electrons. The van der Waals surface area contributed by atoms with Crippen molar-refractivity contribution in [2.45, 2.75) is 19.4 Å². The van der Waals surface area contributed by atoms with Crippen LogP contribution in [-0.2, 0) is 0 Å². The Hall–Kier alpha value is -1.26. The molecule has 3 rings (SSSR count). The Morgan fingerprint density at radius 3 is 3.00 bits per heavy atom. The smallest absolute Gasteiger partial charge is 0.315 e. The number of aryl methyl sites for hydroxylation is 1. The summed E-state index contributed by atoms with van der Waals surface area (Å²) in [7, 11) is 0. The first kappa shape index (κ1) is 10.9. The highest BCUT2D eigenvalue weighted by Gasteiger charge is 2.21. The molecule has 1 saturated heterocycles. The van der Waals surface area contributed by atoms with Crippen LogP contribution < -0.4 is 11.0 Å². The van der Waals surface area contributed by atoms with Crippen LogP contribution in [0.3, 0.4) is 0 Å². The van der Waals surface area contributed by atoms with Crippen LogP contribution in [0.2, 0.25) is 5.02 Å². The number of nitrogens with one attached hydrogen (secondary N) is 2. The van der Waals surface area contributed by atoms with Crippen LogP contribution in [0.1, 0.15) is 18.0 Å². The van der Waals surface area contributed by atoms with Crippen molar-refractivity contribution in [2.24, 2.45) is 0 Å². The molecule has 4 nitrogen and oxygen atoms in total. The summed E-state index contributed by atoms with van der Waals surface area (Å²) in [5, 5.41) is 3.94. The molecule has 0 spiro atoms. The van der Waals surface area contributed by atoms with E-state index in [1.165, 1.54) is 0 Å². The average Bonchev–Trinajstić information content (AvgIpc) is 2.83. The van der Waals surface area contributed by atoms with Gasteiger partial charge in [-0.3, -0.25) is 4.57 Å². The molecule has 1 unspecified atom stereocenters. The lowest BCUT2D eigenvalue weighted by atomic mass is 10.2. The zero-order chi connectivity index (χ0) is 12.0. The number of nitrogens with zero attached hydrogens (tertiary/aromatic N) is 1. The van der Waals surface area contributed by atoms with E-state index in [4.69, 9.17) is 11.6 Å². The fourth-order valence-corrected chi connectivity index (χ4v) is 2.91. The zero-order valence-corrected chi connectivity index (χ0v) is 10.3. The number of halogens is 1. The van der Waals surface area contributed by atoms with Gasteiger partial charge in [-0.25, -0.2) is 4.79 Å². The number of imidazole rings is 1. The lowest BCUT2D eigenvalue weighted by molar-refractivity contribution is 0.545. The summed E-state index contributed by atoms with van der Waals surface area (Å²) in [6, 6.07) is 3.95. The van der Waals surface area contributed by atoms with E-state index in [9.17, 15) is 4.79 Å². The first-order valence-electron chi connectivity index (χ1n) is 5.78. The van der Waals surface area contributed by atoms with Crippen LogP contribution in [0, 0.1) is 6.92 Å². The fourth-order valence-electron chi connectivity index (χ4n) is 2.64. The molecule has 1 fully saturated rings. The maximum absolute atomic E-state index is 12.0. The van der Waals surface area contributed by atoms with Gasteiger partial charge in [-0.2, -0.15) is 0 Å². The maximum Gasteiger partial charge on any atom is 0.326 e. The van der Waals surface area contributed by atoms with Gasteiger partial charge < -0.3 is 10.3 Å². The van der Waals surface area contributed by atoms with Crippen molar-refractivity contribution in [3.63, 3.8) is 0 Å². The van der Waals surface area contributed by atoms with E-state index in [2.05, 4.69) is 10.3 Å². The summed E-state index contributed by atoms with van der Waals surface area (Å²) >= 11 is 6.00. The van der Waals surface area contributed by atoms with Gasteiger partial charge in [-0.15, -0.1) is 0 Å². The quantitative estimate of drug-likeness (QED) is 0.812. The third-order valence-corrected chi connectivity index (χ3v) is 3.58. The highest BCUT2D eigenvalue weighted by molar-refractivity contribution is 6.31. The molecule has 17 heavy (non-hydrogen) atoms. The Morgan fingerprint density at radius 2 is 2.29 bits per heavy atom. The van der Waals surface area contributed by atoms with Gasteiger partial charge in [0.2, 0.25) is 0 Å². The van der Waals surface area contributed by atoms with Crippen LogP contribution >= 0.6 is 11.6 Å². The highest BCUT2D eigenvalue weighted by atomic mass is 35.5. The van der Waals surface area contributed by atoms with Gasteiger partial charge in [0.15, 0.2) is 0 Å². The Bertz CT molecular complexity index is 622. The molecule has 1 aromatic heterocycles. The molecule has 0 amide bonds. The summed E-state index contributed by atoms with van der Waals surface area (Å²) in [6.45, 7) is 3.81. The summed E-state index contributed by atoms with van der Waals surface area (Å²) in [6.07, 6.45) is 0.995. The second-order valence-corrected chi connectivity index (χ2v) is 5.00. The second-order valence-electron chi connectivity index (χ2n) is 4.57. The van der Waals surface area contributed by atoms with Crippen molar-refractivity contribution >= 4 is 22.6 Å². The number of hydrogen-bond donors (Lipinski definition) is 2. The summed E-state index contributed by atoms with van der Waals surface area (Å²) in [5.41, 5.74) is 2.80. The van der Waals surface area contributed by atoms with Crippen LogP contribution in [0.4, 0.5) is 0 Å². The third kappa shape index (κ3) is 1.68. The van der Waals surface area contributed by atoms with Crippen molar-refractivity contribution in [3.05, 3.63) is 33.2 Å². The number of H-pyrrole nitrogens is 1. The van der Waals surface area contributed by atoms with Crippen LogP contribution in [0.15, 0.2) is 16.9 Å². The van der Waals surface area contributed by atoms with E-state index >= 15 is 0 Å². The van der Waals surface area contributed by atoms with Crippen LogP contribution in [0.25, 0.3) is 11.0 Å². The summed E-state index contributed by atoms with van der Waals surface area (Å²) in [4.78, 5) is 14.9. The number of hydrogen-bond acceptors (Lipinski definition) is 2. The Kier molecular flexibility index (Phi) is 2.49. The monoisotopic (exact) mass is 251 g/mol. The van der Waals surface area contributed by atoms with Crippen LogP contribution in [-0.4, -0.2) is 22.6 Å². The average molecular weight is 252 g/mol. The minimum atomic E-state index is -0.0425. The van der Waals surface area contributed by atoms with Gasteiger partial charge in [0.05, 0.1) is 17.1 Å². The number of rotatable bonds is 1. The predicted molar refractivity (Wildman–Crippen MR) is 68.8 cm³/mol. The lowest BCUT2D eigenvalue weighted by Gasteiger charge is -2.12. The molecular formula is C12H14ClN3O. The van der Waals surface area contributed by atoms with Gasteiger partial charge in [0.25, 0.3) is 0 Å². The molecule has 2 heterocycles. The van der Waals surface area contributed by atoms with E-state index in [1.807, 2.05) is 23.6 Å². The van der Waals surface area contributed by atoms with Crippen molar-refractivity contribution in [3.8, 4) is 0 Å². The largest absolute Gasteiger partial charge is 0.326 e. The van der Waals surface area contributed by atoms with E-state index in [0.717, 1.165) is 36.1 Å². The molecule has 5 heteroatoms. The Balaban J connectivity index is 2.30. The number of aromatic amines is 1.